The fourth-order valence-corrected chi connectivity index (χ4v) is 3.82. The Balaban J connectivity index is 1.35. The standard InChI is InChI=1S/C22H31N5O3S/c1-3-29-21(28)15-19-17-31-22(24-19)25-23-16-18-5-7-20(8-6-18)30-14-4-9-27-12-10-26(2)11-13-27/h5-8,16-17H,3-4,9-15H2,1-2H3,(H,24,25). The van der Waals surface area contributed by atoms with E-state index < -0.39 is 0 Å². The molecule has 31 heavy (non-hydrogen) atoms. The van der Waals surface area contributed by atoms with Crippen molar-refractivity contribution < 1.29 is 14.3 Å². The van der Waals surface area contributed by atoms with Crippen molar-refractivity contribution in [1.29, 1.82) is 0 Å². The Kier molecular flexibility index (Phi) is 9.26. The molecule has 1 aliphatic rings. The van der Waals surface area contributed by atoms with E-state index in [1.54, 1.807) is 13.1 Å². The van der Waals surface area contributed by atoms with Crippen LogP contribution in [0.25, 0.3) is 0 Å². The lowest BCUT2D eigenvalue weighted by Gasteiger charge is -2.32. The predicted molar refractivity (Wildman–Crippen MR) is 124 cm³/mol. The number of aromatic nitrogens is 1. The highest BCUT2D eigenvalue weighted by Crippen LogP contribution is 2.16. The molecule has 0 unspecified atom stereocenters. The van der Waals surface area contributed by atoms with Gasteiger partial charge in [0.05, 0.1) is 31.5 Å². The van der Waals surface area contributed by atoms with Gasteiger partial charge in [0.1, 0.15) is 5.75 Å². The van der Waals surface area contributed by atoms with Crippen molar-refractivity contribution in [1.82, 2.24) is 14.8 Å². The summed E-state index contributed by atoms with van der Waals surface area (Å²) in [6.07, 6.45) is 2.93. The average molecular weight is 446 g/mol. The van der Waals surface area contributed by atoms with E-state index in [9.17, 15) is 4.79 Å². The molecule has 0 atom stereocenters. The number of hydrogen-bond acceptors (Lipinski definition) is 9. The van der Waals surface area contributed by atoms with Crippen LogP contribution in [-0.4, -0.2) is 80.0 Å². The Bertz CT molecular complexity index is 832. The zero-order valence-electron chi connectivity index (χ0n) is 18.2. The van der Waals surface area contributed by atoms with Crippen molar-refractivity contribution in [3.05, 3.63) is 40.9 Å². The lowest BCUT2D eigenvalue weighted by molar-refractivity contribution is -0.142. The number of esters is 1. The van der Waals surface area contributed by atoms with E-state index in [1.807, 2.05) is 29.6 Å². The van der Waals surface area contributed by atoms with Crippen LogP contribution in [0.3, 0.4) is 0 Å². The Labute approximate surface area is 187 Å². The van der Waals surface area contributed by atoms with Gasteiger partial charge in [0.25, 0.3) is 0 Å². The molecular formula is C22H31N5O3S. The summed E-state index contributed by atoms with van der Waals surface area (Å²) in [6.45, 7) is 8.56. The normalized spacial score (nSPS) is 15.3. The molecule has 1 aliphatic heterocycles. The van der Waals surface area contributed by atoms with Crippen molar-refractivity contribution in [3.63, 3.8) is 0 Å². The van der Waals surface area contributed by atoms with Crippen LogP contribution in [0.2, 0.25) is 0 Å². The van der Waals surface area contributed by atoms with E-state index in [4.69, 9.17) is 9.47 Å². The fraction of sp³-hybridized carbons (Fsp3) is 0.500. The van der Waals surface area contributed by atoms with Gasteiger partial charge in [-0.05, 0) is 50.2 Å². The minimum atomic E-state index is -0.274. The van der Waals surface area contributed by atoms with E-state index in [0.29, 0.717) is 17.4 Å². The topological polar surface area (TPSA) is 79.3 Å². The molecule has 1 aromatic heterocycles. The van der Waals surface area contributed by atoms with Gasteiger partial charge >= 0.3 is 5.97 Å². The maximum absolute atomic E-state index is 11.5. The van der Waals surface area contributed by atoms with Crippen molar-refractivity contribution in [2.75, 3.05) is 58.4 Å². The van der Waals surface area contributed by atoms with E-state index in [0.717, 1.165) is 57.1 Å². The molecule has 2 heterocycles. The highest BCUT2D eigenvalue weighted by atomic mass is 32.1. The number of ether oxygens (including phenoxy) is 2. The highest BCUT2D eigenvalue weighted by molar-refractivity contribution is 7.13. The van der Waals surface area contributed by atoms with Gasteiger partial charge in [-0.1, -0.05) is 0 Å². The van der Waals surface area contributed by atoms with Gasteiger partial charge < -0.3 is 19.3 Å². The van der Waals surface area contributed by atoms with Gasteiger partial charge in [0.15, 0.2) is 0 Å². The number of nitrogens with one attached hydrogen (secondary N) is 1. The molecule has 0 spiro atoms. The van der Waals surface area contributed by atoms with Gasteiger partial charge in [-0.3, -0.25) is 10.2 Å². The molecule has 1 aromatic carbocycles. The second-order valence-electron chi connectivity index (χ2n) is 7.41. The van der Waals surface area contributed by atoms with Crippen molar-refractivity contribution >= 4 is 28.7 Å². The predicted octanol–water partition coefficient (Wildman–Crippen LogP) is 2.71. The summed E-state index contributed by atoms with van der Waals surface area (Å²) < 4.78 is 10.8. The lowest BCUT2D eigenvalue weighted by Crippen LogP contribution is -2.44. The summed E-state index contributed by atoms with van der Waals surface area (Å²) >= 11 is 1.40. The van der Waals surface area contributed by atoms with Crippen molar-refractivity contribution in [3.8, 4) is 5.75 Å². The molecule has 0 amide bonds. The Morgan fingerprint density at radius 3 is 2.77 bits per heavy atom. The summed E-state index contributed by atoms with van der Waals surface area (Å²) in [5.74, 6) is 0.594. The fourth-order valence-electron chi connectivity index (χ4n) is 3.16. The molecule has 168 valence electrons. The Morgan fingerprint density at radius 1 is 1.26 bits per heavy atom. The molecule has 1 fully saturated rings. The van der Waals surface area contributed by atoms with Gasteiger partial charge in [-0.25, -0.2) is 4.98 Å². The number of anilines is 1. The van der Waals surface area contributed by atoms with Crippen LogP contribution in [0.4, 0.5) is 5.13 Å². The second-order valence-corrected chi connectivity index (χ2v) is 8.27. The number of hydrazone groups is 1. The average Bonchev–Trinajstić information content (AvgIpc) is 3.20. The summed E-state index contributed by atoms with van der Waals surface area (Å²) in [6, 6.07) is 7.85. The molecule has 3 rings (SSSR count). The molecule has 1 N–H and O–H groups in total. The molecule has 8 nitrogen and oxygen atoms in total. The number of carbonyl (C=O) groups is 1. The molecule has 1 saturated heterocycles. The number of piperazine rings is 1. The summed E-state index contributed by atoms with van der Waals surface area (Å²) in [5.41, 5.74) is 4.53. The van der Waals surface area contributed by atoms with Crippen LogP contribution in [0.15, 0.2) is 34.7 Å². The summed E-state index contributed by atoms with van der Waals surface area (Å²) in [4.78, 5) is 20.7. The third kappa shape index (κ3) is 8.28. The first kappa shape index (κ1) is 23.2. The Hall–Kier alpha value is -2.49. The van der Waals surface area contributed by atoms with Crippen molar-refractivity contribution in [2.45, 2.75) is 19.8 Å². The number of rotatable bonds is 11. The number of nitrogens with zero attached hydrogens (tertiary/aromatic N) is 4. The highest BCUT2D eigenvalue weighted by Gasteiger charge is 2.12. The van der Waals surface area contributed by atoms with Gasteiger partial charge in [-0.2, -0.15) is 5.10 Å². The van der Waals surface area contributed by atoms with Gasteiger partial charge in [0.2, 0.25) is 5.13 Å². The minimum Gasteiger partial charge on any atom is -0.494 e. The smallest absolute Gasteiger partial charge is 0.311 e. The first-order valence-corrected chi connectivity index (χ1v) is 11.5. The van der Waals surface area contributed by atoms with E-state index in [-0.39, 0.29) is 12.4 Å². The number of hydrogen-bond donors (Lipinski definition) is 1. The quantitative estimate of drug-likeness (QED) is 0.247. The first-order valence-electron chi connectivity index (χ1n) is 10.6. The largest absolute Gasteiger partial charge is 0.494 e. The number of carbonyl (C=O) groups excluding carboxylic acids is 1. The molecule has 0 aliphatic carbocycles. The molecule has 0 saturated carbocycles. The van der Waals surface area contributed by atoms with E-state index >= 15 is 0 Å². The maximum atomic E-state index is 11.5. The molecular weight excluding hydrogens is 414 g/mol. The van der Waals surface area contributed by atoms with Crippen LogP contribution in [0.1, 0.15) is 24.6 Å². The molecule has 0 bridgehead atoms. The first-order chi connectivity index (χ1) is 15.1. The monoisotopic (exact) mass is 445 g/mol. The maximum Gasteiger partial charge on any atom is 0.311 e. The summed E-state index contributed by atoms with van der Waals surface area (Å²) in [7, 11) is 2.17. The van der Waals surface area contributed by atoms with Crippen LogP contribution < -0.4 is 10.2 Å². The zero-order chi connectivity index (χ0) is 21.9. The van der Waals surface area contributed by atoms with Crippen molar-refractivity contribution in [2.24, 2.45) is 5.10 Å². The van der Waals surface area contributed by atoms with Crippen LogP contribution in [0.5, 0.6) is 5.75 Å². The number of thiazole rings is 1. The number of likely N-dealkylation sites (N-methyl/N-ethyl adjacent to an activating group) is 1. The third-order valence-electron chi connectivity index (χ3n) is 4.92. The Morgan fingerprint density at radius 2 is 2.03 bits per heavy atom. The third-order valence-corrected chi connectivity index (χ3v) is 5.72. The molecule has 9 heteroatoms. The SMILES string of the molecule is CCOC(=O)Cc1csc(NN=Cc2ccc(OCCCN3CCN(C)CC3)cc2)n1. The van der Waals surface area contributed by atoms with E-state index in [1.165, 1.54) is 11.3 Å². The number of benzene rings is 1. The lowest BCUT2D eigenvalue weighted by atomic mass is 10.2. The molecule has 0 radical (unpaired) electrons. The van der Waals surface area contributed by atoms with Gasteiger partial charge in [-0.15, -0.1) is 11.3 Å². The van der Waals surface area contributed by atoms with E-state index in [2.05, 4.69) is 32.4 Å². The van der Waals surface area contributed by atoms with Crippen LogP contribution >= 0.6 is 11.3 Å². The molecule has 2 aromatic rings. The zero-order valence-corrected chi connectivity index (χ0v) is 19.1. The second kappa shape index (κ2) is 12.4. The minimum absolute atomic E-state index is 0.173. The van der Waals surface area contributed by atoms with Crippen LogP contribution in [0, 0.1) is 0 Å². The van der Waals surface area contributed by atoms with Gasteiger partial charge in [0, 0.05) is 38.1 Å². The summed E-state index contributed by atoms with van der Waals surface area (Å²) in [5, 5.41) is 6.67. The van der Waals surface area contributed by atoms with Crippen LogP contribution in [-0.2, 0) is 16.0 Å².